The Morgan fingerprint density at radius 3 is 2.66 bits per heavy atom. The van der Waals surface area contributed by atoms with Gasteiger partial charge in [0.2, 0.25) is 11.8 Å². The molecule has 3 aromatic rings. The van der Waals surface area contributed by atoms with Crippen LogP contribution in [0.2, 0.25) is 0 Å². The largest absolute Gasteiger partial charge is 0.355 e. The number of hydrogen-bond donors (Lipinski definition) is 4. The highest BCUT2D eigenvalue weighted by molar-refractivity contribution is 5.99. The van der Waals surface area contributed by atoms with E-state index in [1.54, 1.807) is 0 Å². The minimum Gasteiger partial charge on any atom is -0.355 e. The third-order valence-electron chi connectivity index (χ3n) is 5.05. The minimum absolute atomic E-state index is 0.00927. The fourth-order valence-corrected chi connectivity index (χ4v) is 3.29. The molecule has 2 aromatic heterocycles. The van der Waals surface area contributed by atoms with Crippen molar-refractivity contribution in [1.82, 2.24) is 20.6 Å². The Bertz CT molecular complexity index is 1020. The number of aromatic nitrogens is 2. The van der Waals surface area contributed by atoms with Crippen LogP contribution in [0.1, 0.15) is 18.4 Å². The van der Waals surface area contributed by atoms with E-state index in [2.05, 4.69) is 25.9 Å². The molecule has 0 aliphatic heterocycles. The molecule has 1 aromatic carbocycles. The van der Waals surface area contributed by atoms with Crippen LogP contribution in [0.25, 0.3) is 22.2 Å². The monoisotopic (exact) mass is 391 g/mol. The number of rotatable bonds is 8. The molecule has 150 valence electrons. The van der Waals surface area contributed by atoms with Crippen molar-refractivity contribution in [1.29, 1.82) is 0 Å². The first-order chi connectivity index (χ1) is 14.1. The molecule has 29 heavy (non-hydrogen) atoms. The highest BCUT2D eigenvalue weighted by Crippen LogP contribution is 2.33. The Morgan fingerprint density at radius 1 is 1.14 bits per heavy atom. The molecule has 0 unspecified atom stereocenters. The van der Waals surface area contributed by atoms with Gasteiger partial charge in [0.25, 0.3) is 0 Å². The summed E-state index contributed by atoms with van der Waals surface area (Å²) in [6, 6.07) is 11.8. The molecule has 1 aliphatic carbocycles. The first kappa shape index (κ1) is 19.1. The van der Waals surface area contributed by atoms with Gasteiger partial charge >= 0.3 is 0 Å². The second-order valence-corrected chi connectivity index (χ2v) is 7.39. The highest BCUT2D eigenvalue weighted by Gasteiger charge is 2.30. The maximum atomic E-state index is 12.1. The van der Waals surface area contributed by atoms with Crippen LogP contribution < -0.4 is 16.0 Å². The molecule has 1 fully saturated rings. The first-order valence-corrected chi connectivity index (χ1v) is 9.93. The van der Waals surface area contributed by atoms with E-state index in [4.69, 9.17) is 0 Å². The van der Waals surface area contributed by atoms with Gasteiger partial charge in [0, 0.05) is 30.6 Å². The van der Waals surface area contributed by atoms with Gasteiger partial charge in [0.1, 0.15) is 11.5 Å². The van der Waals surface area contributed by atoms with Crippen LogP contribution >= 0.6 is 0 Å². The number of H-pyrrole nitrogens is 1. The van der Waals surface area contributed by atoms with Crippen molar-refractivity contribution in [3.05, 3.63) is 48.2 Å². The van der Waals surface area contributed by atoms with Crippen LogP contribution in [0.3, 0.4) is 0 Å². The number of aromatic amines is 1. The normalized spacial score (nSPS) is 13.4. The van der Waals surface area contributed by atoms with E-state index in [0.717, 1.165) is 47.1 Å². The van der Waals surface area contributed by atoms with Crippen molar-refractivity contribution >= 4 is 28.7 Å². The lowest BCUT2D eigenvalue weighted by molar-refractivity contribution is -0.120. The Balaban J connectivity index is 1.53. The van der Waals surface area contributed by atoms with Crippen molar-refractivity contribution in [3.8, 4) is 11.1 Å². The number of nitrogens with zero attached hydrogens (tertiary/aromatic N) is 1. The summed E-state index contributed by atoms with van der Waals surface area (Å²) in [5.74, 6) is 0.724. The smallest absolute Gasteiger partial charge is 0.228 e. The Morgan fingerprint density at radius 2 is 1.93 bits per heavy atom. The van der Waals surface area contributed by atoms with Crippen LogP contribution in [0.5, 0.6) is 0 Å². The molecule has 4 N–H and O–H groups in total. The van der Waals surface area contributed by atoms with E-state index in [-0.39, 0.29) is 17.7 Å². The second-order valence-electron chi connectivity index (χ2n) is 7.39. The van der Waals surface area contributed by atoms with E-state index < -0.39 is 0 Å². The standard InChI is InChI=1S/C22H25N5O2/c1-23-10-11-24-20(28)12-14-2-4-15(5-3-14)18-13-19(27-22(29)16-6-7-16)26-21-17(18)8-9-25-21/h2-5,8-9,13,16,23H,6-7,10-12H2,1H3,(H,24,28)(H2,25,26,27,29). The zero-order valence-corrected chi connectivity index (χ0v) is 16.4. The predicted molar refractivity (Wildman–Crippen MR) is 114 cm³/mol. The average Bonchev–Trinajstić information content (AvgIpc) is 3.46. The molecule has 1 saturated carbocycles. The first-order valence-electron chi connectivity index (χ1n) is 9.93. The van der Waals surface area contributed by atoms with Gasteiger partial charge in [0.05, 0.1) is 6.42 Å². The van der Waals surface area contributed by atoms with Crippen LogP contribution in [0.4, 0.5) is 5.82 Å². The molecule has 2 heterocycles. The fraction of sp³-hybridized carbons (Fsp3) is 0.318. The van der Waals surface area contributed by atoms with Crippen LogP contribution in [-0.4, -0.2) is 41.9 Å². The summed E-state index contributed by atoms with van der Waals surface area (Å²) >= 11 is 0. The van der Waals surface area contributed by atoms with E-state index in [1.165, 1.54) is 0 Å². The third-order valence-corrected chi connectivity index (χ3v) is 5.05. The van der Waals surface area contributed by atoms with Crippen molar-refractivity contribution in [2.24, 2.45) is 5.92 Å². The van der Waals surface area contributed by atoms with Gasteiger partial charge in [-0.2, -0.15) is 0 Å². The Labute approximate surface area is 169 Å². The summed E-state index contributed by atoms with van der Waals surface area (Å²) in [6.45, 7) is 1.37. The fourth-order valence-electron chi connectivity index (χ4n) is 3.29. The molecular weight excluding hydrogens is 366 g/mol. The van der Waals surface area contributed by atoms with Gasteiger partial charge in [-0.25, -0.2) is 4.98 Å². The molecule has 1 aliphatic rings. The van der Waals surface area contributed by atoms with Crippen molar-refractivity contribution < 1.29 is 9.59 Å². The van der Waals surface area contributed by atoms with Gasteiger partial charge in [-0.15, -0.1) is 0 Å². The maximum absolute atomic E-state index is 12.1. The quantitative estimate of drug-likeness (QED) is 0.443. The van der Waals surface area contributed by atoms with E-state index in [9.17, 15) is 9.59 Å². The zero-order chi connectivity index (χ0) is 20.2. The average molecular weight is 391 g/mol. The van der Waals surface area contributed by atoms with Crippen LogP contribution in [0.15, 0.2) is 42.6 Å². The summed E-state index contributed by atoms with van der Waals surface area (Å²) < 4.78 is 0. The lowest BCUT2D eigenvalue weighted by Gasteiger charge is -2.10. The molecule has 0 bridgehead atoms. The van der Waals surface area contributed by atoms with Crippen molar-refractivity contribution in [3.63, 3.8) is 0 Å². The van der Waals surface area contributed by atoms with Gasteiger partial charge in [-0.3, -0.25) is 9.59 Å². The summed E-state index contributed by atoms with van der Waals surface area (Å²) in [5, 5.41) is 9.81. The predicted octanol–water partition coefficient (Wildman–Crippen LogP) is 2.46. The Kier molecular flexibility index (Phi) is 5.57. The minimum atomic E-state index is 0.00927. The number of pyridine rings is 1. The van der Waals surface area contributed by atoms with E-state index in [0.29, 0.717) is 18.8 Å². The lowest BCUT2D eigenvalue weighted by Crippen LogP contribution is -2.31. The molecule has 7 heteroatoms. The zero-order valence-electron chi connectivity index (χ0n) is 16.4. The number of fused-ring (bicyclic) bond motifs is 1. The number of hydrogen-bond acceptors (Lipinski definition) is 4. The number of carbonyl (C=O) groups excluding carboxylic acids is 2. The summed E-state index contributed by atoms with van der Waals surface area (Å²) in [5.41, 5.74) is 3.70. The van der Waals surface area contributed by atoms with E-state index >= 15 is 0 Å². The molecule has 4 rings (SSSR count). The number of nitrogens with one attached hydrogen (secondary N) is 4. The van der Waals surface area contributed by atoms with Gasteiger partial charge in [0.15, 0.2) is 0 Å². The maximum Gasteiger partial charge on any atom is 0.228 e. The molecule has 7 nitrogen and oxygen atoms in total. The molecule has 0 atom stereocenters. The summed E-state index contributed by atoms with van der Waals surface area (Å²) in [7, 11) is 1.86. The van der Waals surface area contributed by atoms with Crippen LogP contribution in [-0.2, 0) is 16.0 Å². The van der Waals surface area contributed by atoms with Gasteiger partial charge < -0.3 is 20.9 Å². The Hall–Kier alpha value is -3.19. The van der Waals surface area contributed by atoms with Crippen molar-refractivity contribution in [2.45, 2.75) is 19.3 Å². The van der Waals surface area contributed by atoms with E-state index in [1.807, 2.05) is 49.6 Å². The molecule has 0 spiro atoms. The van der Waals surface area contributed by atoms with Gasteiger partial charge in [-0.1, -0.05) is 24.3 Å². The number of benzene rings is 1. The summed E-state index contributed by atoms with van der Waals surface area (Å²) in [6.07, 6.45) is 4.10. The third kappa shape index (κ3) is 4.63. The number of anilines is 1. The van der Waals surface area contributed by atoms with Gasteiger partial charge in [-0.05, 0) is 48.7 Å². The molecule has 2 amide bonds. The molecule has 0 saturated heterocycles. The lowest BCUT2D eigenvalue weighted by atomic mass is 10.0. The summed E-state index contributed by atoms with van der Waals surface area (Å²) in [4.78, 5) is 31.8. The second kappa shape index (κ2) is 8.45. The van der Waals surface area contributed by atoms with Crippen molar-refractivity contribution in [2.75, 3.05) is 25.5 Å². The SMILES string of the molecule is CNCCNC(=O)Cc1ccc(-c2cc(NC(=O)C3CC3)nc3[nH]ccc23)cc1. The van der Waals surface area contributed by atoms with Crippen LogP contribution in [0, 0.1) is 5.92 Å². The molecule has 0 radical (unpaired) electrons. The topological polar surface area (TPSA) is 98.9 Å². The number of likely N-dealkylation sites (N-methyl/N-ethyl adjacent to an activating group) is 1. The number of carbonyl (C=O) groups is 2. The number of amides is 2. The highest BCUT2D eigenvalue weighted by atomic mass is 16.2. The molecular formula is C22H25N5O2.